The van der Waals surface area contributed by atoms with Crippen LogP contribution in [0.15, 0.2) is 39.7 Å². The largest absolute Gasteiger partial charge is 0.397 e. The molecule has 0 unspecified atom stereocenters. The molecule has 0 aliphatic heterocycles. The SMILES string of the molecule is Cc1cc(N)c(NS(=O)(=O)c2ccc(F)cc2C)c(Br)c1. The Morgan fingerprint density at radius 2 is 1.86 bits per heavy atom. The van der Waals surface area contributed by atoms with E-state index in [9.17, 15) is 12.8 Å². The molecule has 0 atom stereocenters. The summed E-state index contributed by atoms with van der Waals surface area (Å²) in [6.07, 6.45) is 0. The second-order valence-electron chi connectivity index (χ2n) is 4.73. The molecule has 3 N–H and O–H groups in total. The number of nitrogen functional groups attached to an aromatic ring is 1. The molecule has 0 radical (unpaired) electrons. The van der Waals surface area contributed by atoms with Crippen LogP contribution < -0.4 is 10.5 Å². The third kappa shape index (κ3) is 3.36. The molecule has 0 saturated heterocycles. The fourth-order valence-electron chi connectivity index (χ4n) is 1.98. The Kier molecular flexibility index (Phi) is 4.25. The monoisotopic (exact) mass is 372 g/mol. The zero-order valence-corrected chi connectivity index (χ0v) is 13.8. The molecule has 112 valence electrons. The number of hydrogen-bond acceptors (Lipinski definition) is 3. The average molecular weight is 373 g/mol. The van der Waals surface area contributed by atoms with Gasteiger partial charge in [0.1, 0.15) is 5.82 Å². The van der Waals surface area contributed by atoms with Gasteiger partial charge in [-0.1, -0.05) is 0 Å². The van der Waals surface area contributed by atoms with E-state index in [1.807, 2.05) is 6.92 Å². The highest BCUT2D eigenvalue weighted by Gasteiger charge is 2.20. The third-order valence-electron chi connectivity index (χ3n) is 2.93. The fourth-order valence-corrected chi connectivity index (χ4v) is 4.14. The van der Waals surface area contributed by atoms with Gasteiger partial charge in [-0.15, -0.1) is 0 Å². The zero-order chi connectivity index (χ0) is 15.8. The molecule has 4 nitrogen and oxygen atoms in total. The van der Waals surface area contributed by atoms with Crippen LogP contribution in [0.4, 0.5) is 15.8 Å². The summed E-state index contributed by atoms with van der Waals surface area (Å²) in [5, 5.41) is 0. The van der Waals surface area contributed by atoms with Crippen molar-refractivity contribution in [2.75, 3.05) is 10.5 Å². The van der Waals surface area contributed by atoms with E-state index in [0.717, 1.165) is 11.6 Å². The lowest BCUT2D eigenvalue weighted by Crippen LogP contribution is -2.16. The molecule has 2 aromatic carbocycles. The Labute approximate surface area is 131 Å². The summed E-state index contributed by atoms with van der Waals surface area (Å²) >= 11 is 3.29. The highest BCUT2D eigenvalue weighted by atomic mass is 79.9. The first-order chi connectivity index (χ1) is 9.70. The summed E-state index contributed by atoms with van der Waals surface area (Å²) in [5.74, 6) is -0.484. The van der Waals surface area contributed by atoms with Crippen LogP contribution in [0, 0.1) is 19.7 Å². The van der Waals surface area contributed by atoms with E-state index in [-0.39, 0.29) is 10.6 Å². The van der Waals surface area contributed by atoms with Crippen LogP contribution in [-0.4, -0.2) is 8.42 Å². The minimum Gasteiger partial charge on any atom is -0.397 e. The number of nitrogens with two attached hydrogens (primary N) is 1. The van der Waals surface area contributed by atoms with Crippen LogP contribution in [-0.2, 0) is 10.0 Å². The van der Waals surface area contributed by atoms with Crippen molar-refractivity contribution in [2.24, 2.45) is 0 Å². The molecule has 21 heavy (non-hydrogen) atoms. The molecule has 0 saturated carbocycles. The van der Waals surface area contributed by atoms with Crippen LogP contribution in [0.2, 0.25) is 0 Å². The number of nitrogens with one attached hydrogen (secondary N) is 1. The van der Waals surface area contributed by atoms with Gasteiger partial charge in [-0.25, -0.2) is 12.8 Å². The number of halogens is 2. The molecule has 0 bridgehead atoms. The number of benzene rings is 2. The smallest absolute Gasteiger partial charge is 0.262 e. The number of aryl methyl sites for hydroxylation is 2. The second-order valence-corrected chi connectivity index (χ2v) is 7.23. The number of sulfonamides is 1. The molecule has 2 aromatic rings. The first-order valence-electron chi connectivity index (χ1n) is 6.05. The van der Waals surface area contributed by atoms with Crippen molar-refractivity contribution >= 4 is 37.3 Å². The Morgan fingerprint density at radius 3 is 2.43 bits per heavy atom. The van der Waals surface area contributed by atoms with Gasteiger partial charge in [0.15, 0.2) is 0 Å². The highest BCUT2D eigenvalue weighted by molar-refractivity contribution is 9.10. The Bertz CT molecular complexity index is 784. The normalized spacial score (nSPS) is 11.4. The van der Waals surface area contributed by atoms with Gasteiger partial charge in [-0.2, -0.15) is 0 Å². The topological polar surface area (TPSA) is 72.2 Å². The maximum absolute atomic E-state index is 13.1. The number of rotatable bonds is 3. The minimum absolute atomic E-state index is 0.00998. The fraction of sp³-hybridized carbons (Fsp3) is 0.143. The van der Waals surface area contributed by atoms with E-state index >= 15 is 0 Å². The van der Waals surface area contributed by atoms with Gasteiger partial charge < -0.3 is 5.73 Å². The summed E-state index contributed by atoms with van der Waals surface area (Å²) in [6.45, 7) is 3.38. The lowest BCUT2D eigenvalue weighted by Gasteiger charge is -2.14. The molecule has 0 fully saturated rings. The van der Waals surface area contributed by atoms with Gasteiger partial charge in [0.05, 0.1) is 16.3 Å². The first kappa shape index (κ1) is 15.8. The van der Waals surface area contributed by atoms with E-state index < -0.39 is 15.8 Å². The van der Waals surface area contributed by atoms with Crippen molar-refractivity contribution in [1.29, 1.82) is 0 Å². The standard InChI is InChI=1S/C14H14BrFN2O2S/c1-8-5-11(15)14(12(17)6-8)18-21(19,20)13-4-3-10(16)7-9(13)2/h3-7,18H,17H2,1-2H3. The number of anilines is 2. The average Bonchev–Trinajstić information content (AvgIpc) is 2.33. The van der Waals surface area contributed by atoms with Gasteiger partial charge in [-0.3, -0.25) is 4.72 Å². The Balaban J connectivity index is 2.47. The molecule has 0 aromatic heterocycles. The second kappa shape index (κ2) is 5.65. The lowest BCUT2D eigenvalue weighted by atomic mass is 10.2. The summed E-state index contributed by atoms with van der Waals surface area (Å²) in [5.41, 5.74) is 7.66. The first-order valence-corrected chi connectivity index (χ1v) is 8.33. The van der Waals surface area contributed by atoms with Gasteiger partial charge >= 0.3 is 0 Å². The molecule has 0 spiro atoms. The van der Waals surface area contributed by atoms with E-state index in [2.05, 4.69) is 20.7 Å². The molecule has 2 rings (SSSR count). The van der Waals surface area contributed by atoms with Crippen LogP contribution >= 0.6 is 15.9 Å². The lowest BCUT2D eigenvalue weighted by molar-refractivity contribution is 0.598. The molecule has 0 aliphatic carbocycles. The van der Waals surface area contributed by atoms with E-state index in [1.165, 1.54) is 19.1 Å². The van der Waals surface area contributed by atoms with Gasteiger partial charge in [0.25, 0.3) is 10.0 Å². The molecular weight excluding hydrogens is 359 g/mol. The maximum Gasteiger partial charge on any atom is 0.262 e. The summed E-state index contributed by atoms with van der Waals surface area (Å²) in [4.78, 5) is 0.00998. The van der Waals surface area contributed by atoms with Crippen molar-refractivity contribution in [3.8, 4) is 0 Å². The summed E-state index contributed by atoms with van der Waals surface area (Å²) in [7, 11) is -3.85. The molecule has 0 amide bonds. The summed E-state index contributed by atoms with van der Waals surface area (Å²) in [6, 6.07) is 6.92. The van der Waals surface area contributed by atoms with Crippen molar-refractivity contribution < 1.29 is 12.8 Å². The molecule has 0 aliphatic rings. The van der Waals surface area contributed by atoms with Crippen molar-refractivity contribution in [3.05, 3.63) is 51.7 Å². The van der Waals surface area contributed by atoms with Crippen molar-refractivity contribution in [2.45, 2.75) is 18.7 Å². The minimum atomic E-state index is -3.85. The van der Waals surface area contributed by atoms with Crippen LogP contribution in [0.3, 0.4) is 0 Å². The van der Waals surface area contributed by atoms with E-state index in [4.69, 9.17) is 5.73 Å². The van der Waals surface area contributed by atoms with Crippen molar-refractivity contribution in [1.82, 2.24) is 0 Å². The molecule has 0 heterocycles. The van der Waals surface area contributed by atoms with Crippen LogP contribution in [0.1, 0.15) is 11.1 Å². The van der Waals surface area contributed by atoms with Crippen LogP contribution in [0.5, 0.6) is 0 Å². The Hall–Kier alpha value is -1.60. The van der Waals surface area contributed by atoms with Crippen LogP contribution in [0.25, 0.3) is 0 Å². The quantitative estimate of drug-likeness (QED) is 0.808. The van der Waals surface area contributed by atoms with E-state index in [0.29, 0.717) is 15.7 Å². The third-order valence-corrected chi connectivity index (χ3v) is 5.06. The van der Waals surface area contributed by atoms with Gasteiger partial charge in [-0.05, 0) is 71.2 Å². The zero-order valence-electron chi connectivity index (χ0n) is 11.4. The molecule has 7 heteroatoms. The predicted octanol–water partition coefficient (Wildman–Crippen LogP) is 3.59. The van der Waals surface area contributed by atoms with Gasteiger partial charge in [0.2, 0.25) is 0 Å². The highest BCUT2D eigenvalue weighted by Crippen LogP contribution is 2.32. The predicted molar refractivity (Wildman–Crippen MR) is 85.2 cm³/mol. The van der Waals surface area contributed by atoms with E-state index in [1.54, 1.807) is 12.1 Å². The molecular formula is C14H14BrFN2O2S. The van der Waals surface area contributed by atoms with Crippen molar-refractivity contribution in [3.63, 3.8) is 0 Å². The van der Waals surface area contributed by atoms with Gasteiger partial charge in [0, 0.05) is 4.47 Å². The number of hydrogen-bond donors (Lipinski definition) is 2. The summed E-state index contributed by atoms with van der Waals surface area (Å²) < 4.78 is 40.9. The Morgan fingerprint density at radius 1 is 1.19 bits per heavy atom. The maximum atomic E-state index is 13.1.